The van der Waals surface area contributed by atoms with Crippen molar-refractivity contribution in [3.63, 3.8) is 0 Å². The van der Waals surface area contributed by atoms with Crippen molar-refractivity contribution in [2.45, 2.75) is 45.2 Å². The molecule has 0 N–H and O–H groups in total. The highest BCUT2D eigenvalue weighted by Gasteiger charge is 2.41. The van der Waals surface area contributed by atoms with Crippen LogP contribution in [0.3, 0.4) is 0 Å². The fourth-order valence-corrected chi connectivity index (χ4v) is 5.17. The van der Waals surface area contributed by atoms with E-state index in [1.165, 1.54) is 0 Å². The van der Waals surface area contributed by atoms with E-state index in [0.29, 0.717) is 12.6 Å². The maximum absolute atomic E-state index is 13.0. The highest BCUT2D eigenvalue weighted by atomic mass is 32.1. The Bertz CT molecular complexity index is 806. The Hall–Kier alpha value is -1.66. The van der Waals surface area contributed by atoms with Gasteiger partial charge in [-0.05, 0) is 57.4 Å². The van der Waals surface area contributed by atoms with Crippen LogP contribution in [0.2, 0.25) is 0 Å². The number of hydrogen-bond acceptors (Lipinski definition) is 4. The van der Waals surface area contributed by atoms with Gasteiger partial charge in [0.1, 0.15) is 0 Å². The molecule has 1 aliphatic carbocycles. The summed E-state index contributed by atoms with van der Waals surface area (Å²) in [6, 6.07) is 8.35. The zero-order valence-electron chi connectivity index (χ0n) is 14.5. The second-order valence-electron chi connectivity index (χ2n) is 6.96. The molecule has 4 nitrogen and oxygen atoms in total. The summed E-state index contributed by atoms with van der Waals surface area (Å²) in [5.41, 5.74) is 0. The van der Waals surface area contributed by atoms with E-state index in [9.17, 15) is 9.59 Å². The Balaban J connectivity index is 1.48. The molecule has 0 bridgehead atoms. The Morgan fingerprint density at radius 3 is 2.16 bits per heavy atom. The van der Waals surface area contributed by atoms with Crippen LogP contribution in [0.1, 0.15) is 48.4 Å². The van der Waals surface area contributed by atoms with Gasteiger partial charge < -0.3 is 9.80 Å². The number of carbonyl (C=O) groups excluding carboxylic acids is 2. The molecular weight excluding hydrogens is 352 g/mol. The first-order valence-electron chi connectivity index (χ1n) is 8.78. The summed E-state index contributed by atoms with van der Waals surface area (Å²) in [6.07, 6.45) is 3.05. The Morgan fingerprint density at radius 2 is 1.60 bits per heavy atom. The largest absolute Gasteiger partial charge is 0.336 e. The molecule has 4 rings (SSSR count). The van der Waals surface area contributed by atoms with E-state index in [4.69, 9.17) is 0 Å². The molecule has 1 saturated carbocycles. The Labute approximate surface area is 156 Å². The minimum Gasteiger partial charge on any atom is -0.336 e. The molecule has 1 atom stereocenters. The van der Waals surface area contributed by atoms with Gasteiger partial charge in [-0.2, -0.15) is 0 Å². The summed E-state index contributed by atoms with van der Waals surface area (Å²) < 4.78 is 0. The Morgan fingerprint density at radius 1 is 0.960 bits per heavy atom. The third-order valence-electron chi connectivity index (χ3n) is 4.92. The van der Waals surface area contributed by atoms with Crippen LogP contribution in [0, 0.1) is 13.8 Å². The molecule has 2 fully saturated rings. The van der Waals surface area contributed by atoms with E-state index >= 15 is 0 Å². The SMILES string of the molecule is Cc1ccc(C(=O)N2CC[C@@H](N(C(=O)c3ccc(C)s3)C3CC3)C2)s1. The second kappa shape index (κ2) is 6.57. The number of carbonyl (C=O) groups is 2. The lowest BCUT2D eigenvalue weighted by Gasteiger charge is -2.29. The summed E-state index contributed by atoms with van der Waals surface area (Å²) in [4.78, 5) is 33.6. The third kappa shape index (κ3) is 3.37. The topological polar surface area (TPSA) is 40.6 Å². The van der Waals surface area contributed by atoms with Gasteiger partial charge in [-0.1, -0.05) is 0 Å². The molecule has 6 heteroatoms. The van der Waals surface area contributed by atoms with Gasteiger partial charge in [-0.25, -0.2) is 0 Å². The zero-order chi connectivity index (χ0) is 17.6. The molecule has 3 heterocycles. The molecule has 132 valence electrons. The van der Waals surface area contributed by atoms with E-state index in [2.05, 4.69) is 4.90 Å². The van der Waals surface area contributed by atoms with Crippen molar-refractivity contribution in [3.8, 4) is 0 Å². The highest BCUT2D eigenvalue weighted by molar-refractivity contribution is 7.14. The van der Waals surface area contributed by atoms with Crippen molar-refractivity contribution in [3.05, 3.63) is 43.8 Å². The van der Waals surface area contributed by atoms with E-state index in [1.807, 2.05) is 43.0 Å². The van der Waals surface area contributed by atoms with Crippen LogP contribution in [-0.2, 0) is 0 Å². The van der Waals surface area contributed by atoms with Crippen molar-refractivity contribution in [1.29, 1.82) is 0 Å². The van der Waals surface area contributed by atoms with Gasteiger partial charge >= 0.3 is 0 Å². The van der Waals surface area contributed by atoms with Gasteiger partial charge in [0.05, 0.1) is 15.8 Å². The van der Waals surface area contributed by atoms with Crippen LogP contribution >= 0.6 is 22.7 Å². The molecule has 0 radical (unpaired) electrons. The molecular formula is C19H22N2O2S2. The molecule has 1 saturated heterocycles. The van der Waals surface area contributed by atoms with Gasteiger partial charge in [0, 0.05) is 28.9 Å². The quantitative estimate of drug-likeness (QED) is 0.813. The summed E-state index contributed by atoms with van der Waals surface area (Å²) >= 11 is 3.11. The number of nitrogens with zero attached hydrogens (tertiary/aromatic N) is 2. The predicted molar refractivity (Wildman–Crippen MR) is 102 cm³/mol. The molecule has 0 unspecified atom stereocenters. The minimum atomic E-state index is 0.107. The zero-order valence-corrected chi connectivity index (χ0v) is 16.2. The van der Waals surface area contributed by atoms with Gasteiger partial charge in [-0.15, -0.1) is 22.7 Å². The van der Waals surface area contributed by atoms with Crippen molar-refractivity contribution < 1.29 is 9.59 Å². The van der Waals surface area contributed by atoms with Crippen LogP contribution in [0.15, 0.2) is 24.3 Å². The third-order valence-corrected chi connectivity index (χ3v) is 6.90. The maximum Gasteiger partial charge on any atom is 0.264 e. The normalized spacial score (nSPS) is 20.1. The first-order valence-corrected chi connectivity index (χ1v) is 10.4. The molecule has 2 aromatic heterocycles. The van der Waals surface area contributed by atoms with Crippen LogP contribution in [-0.4, -0.2) is 46.8 Å². The average Bonchev–Trinajstić information content (AvgIpc) is 2.99. The van der Waals surface area contributed by atoms with Gasteiger partial charge in [0.2, 0.25) is 0 Å². The van der Waals surface area contributed by atoms with Crippen LogP contribution in [0.25, 0.3) is 0 Å². The fourth-order valence-electron chi connectivity index (χ4n) is 3.52. The monoisotopic (exact) mass is 374 g/mol. The number of rotatable bonds is 4. The molecule has 2 amide bonds. The smallest absolute Gasteiger partial charge is 0.264 e. The summed E-state index contributed by atoms with van der Waals surface area (Å²) in [6.45, 7) is 5.44. The van der Waals surface area contributed by atoms with Gasteiger partial charge in [0.25, 0.3) is 11.8 Å². The fraction of sp³-hybridized carbons (Fsp3) is 0.474. The van der Waals surface area contributed by atoms with Crippen molar-refractivity contribution in [2.75, 3.05) is 13.1 Å². The van der Waals surface area contributed by atoms with Crippen molar-refractivity contribution >= 4 is 34.5 Å². The number of likely N-dealkylation sites (tertiary alicyclic amines) is 1. The molecule has 0 spiro atoms. The van der Waals surface area contributed by atoms with Crippen LogP contribution in [0.4, 0.5) is 0 Å². The first-order chi connectivity index (χ1) is 12.0. The van der Waals surface area contributed by atoms with E-state index in [1.54, 1.807) is 22.7 Å². The lowest BCUT2D eigenvalue weighted by atomic mass is 10.2. The van der Waals surface area contributed by atoms with E-state index in [0.717, 1.165) is 45.3 Å². The minimum absolute atomic E-state index is 0.107. The first kappa shape index (κ1) is 16.8. The van der Waals surface area contributed by atoms with Crippen LogP contribution < -0.4 is 0 Å². The van der Waals surface area contributed by atoms with E-state index < -0.39 is 0 Å². The number of thiophene rings is 2. The maximum atomic E-state index is 13.0. The highest BCUT2D eigenvalue weighted by Crippen LogP contribution is 2.34. The van der Waals surface area contributed by atoms with Crippen molar-refractivity contribution in [1.82, 2.24) is 9.80 Å². The van der Waals surface area contributed by atoms with Crippen molar-refractivity contribution in [2.24, 2.45) is 0 Å². The second-order valence-corrected chi connectivity index (χ2v) is 9.53. The lowest BCUT2D eigenvalue weighted by Crippen LogP contribution is -2.43. The Kier molecular flexibility index (Phi) is 4.41. The standard InChI is InChI=1S/C19H22N2O2S2/c1-12-3-7-16(24-12)18(22)20-10-9-15(11-20)21(14-5-6-14)19(23)17-8-4-13(2)25-17/h3-4,7-8,14-15H,5-6,9-11H2,1-2H3/t15-/m1/s1. The molecule has 0 aromatic carbocycles. The summed E-state index contributed by atoms with van der Waals surface area (Å²) in [5, 5.41) is 0. The van der Waals surface area contributed by atoms with Gasteiger partial charge in [0.15, 0.2) is 0 Å². The van der Waals surface area contributed by atoms with E-state index in [-0.39, 0.29) is 17.9 Å². The predicted octanol–water partition coefficient (Wildman–Crippen LogP) is 3.95. The number of amides is 2. The number of aryl methyl sites for hydroxylation is 2. The number of hydrogen-bond donors (Lipinski definition) is 0. The molecule has 25 heavy (non-hydrogen) atoms. The molecule has 1 aliphatic heterocycles. The summed E-state index contributed by atoms with van der Waals surface area (Å²) in [7, 11) is 0. The average molecular weight is 375 g/mol. The lowest BCUT2D eigenvalue weighted by molar-refractivity contribution is 0.0646. The van der Waals surface area contributed by atoms with Gasteiger partial charge in [-0.3, -0.25) is 9.59 Å². The molecule has 2 aromatic rings. The summed E-state index contributed by atoms with van der Waals surface area (Å²) in [5.74, 6) is 0.252. The molecule has 2 aliphatic rings. The van der Waals surface area contributed by atoms with Crippen LogP contribution in [0.5, 0.6) is 0 Å².